The molecule has 29 heteroatoms. The maximum absolute atomic E-state index is 15.1. The van der Waals surface area contributed by atoms with Crippen molar-refractivity contribution in [1.82, 2.24) is 35.2 Å². The standard InChI is InChI=1S/C43H39ClF10N8O6S2.C2H6.CH4O.CH2O/c1-40(2,69(3)67)13-11-25-7-8-26(27-9-10-29(44)33-35(27)61(21-42(49,50)51)59-38(33)62(70(4)68)39(66)55-15-5-6-32(64)65)34(56-25)30(18-22-16-23(45)19-24(46)17-22)57-31(63)20-60-37-28(12-14-41(37,47)48)36(58-60)43(52,53)54;3*1-2/h7-10,16-17,19,30H,5-6,12,14-15,18,20-21H2,1-4H3,(H,55,66)(H,57,63)(H,64,65);1-2H3;2H,1H3;1H2. The molecular weight excluding hydrogens is 1090 g/mol. The number of aromatic nitrogens is 5. The van der Waals surface area contributed by atoms with Crippen molar-refractivity contribution >= 4 is 74.8 Å². The first-order chi connectivity index (χ1) is 35.5. The summed E-state index contributed by atoms with van der Waals surface area (Å²) in [5.74, 6) is -3.71. The number of carboxylic acid groups (broad SMARTS) is 1. The third kappa shape index (κ3) is 15.8. The van der Waals surface area contributed by atoms with Gasteiger partial charge in [0.15, 0.2) is 11.5 Å². The highest BCUT2D eigenvalue weighted by atomic mass is 35.5. The Morgan fingerprint density at radius 3 is 2.11 bits per heavy atom. The zero-order chi connectivity index (χ0) is 57.8. The fourth-order valence-corrected chi connectivity index (χ4v) is 8.62. The molecule has 3 aromatic heterocycles. The summed E-state index contributed by atoms with van der Waals surface area (Å²) in [6, 6.07) is 4.18. The molecule has 0 fully saturated rings. The van der Waals surface area contributed by atoms with E-state index in [-0.39, 0.29) is 57.2 Å². The number of hydrogen-bond acceptors (Lipinski definition) is 10. The second-order valence-corrected chi connectivity index (χ2v) is 19.9. The van der Waals surface area contributed by atoms with Crippen molar-refractivity contribution in [2.45, 2.75) is 102 Å². The highest BCUT2D eigenvalue weighted by molar-refractivity contribution is 7.86. The van der Waals surface area contributed by atoms with Gasteiger partial charge in [-0.2, -0.15) is 49.6 Å². The van der Waals surface area contributed by atoms with Crippen LogP contribution >= 0.6 is 11.6 Å². The van der Waals surface area contributed by atoms with Crippen LogP contribution in [-0.2, 0) is 74.2 Å². The van der Waals surface area contributed by atoms with Crippen LogP contribution < -0.4 is 14.9 Å². The number of carbonyl (C=O) groups is 4. The number of urea groups is 1. The maximum atomic E-state index is 15.1. The summed E-state index contributed by atoms with van der Waals surface area (Å²) in [6.07, 6.45) is -10.8. The third-order valence-corrected chi connectivity index (χ3v) is 13.4. The Hall–Kier alpha value is -6.44. The minimum Gasteiger partial charge on any atom is -0.481 e. The van der Waals surface area contributed by atoms with Crippen LogP contribution in [0.1, 0.15) is 86.9 Å². The van der Waals surface area contributed by atoms with Crippen LogP contribution in [-0.4, -0.2) is 105 Å². The molecule has 2 aromatic carbocycles. The van der Waals surface area contributed by atoms with Crippen LogP contribution in [0.5, 0.6) is 0 Å². The van der Waals surface area contributed by atoms with Gasteiger partial charge in [-0.3, -0.25) is 23.2 Å². The predicted octanol–water partition coefficient (Wildman–Crippen LogP) is 8.58. The van der Waals surface area contributed by atoms with E-state index in [1.54, 1.807) is 0 Å². The number of aliphatic hydroxyl groups is 1. The van der Waals surface area contributed by atoms with Gasteiger partial charge < -0.3 is 25.6 Å². The number of halogens is 11. The molecule has 5 aromatic rings. The molecule has 416 valence electrons. The molecule has 3 heterocycles. The van der Waals surface area contributed by atoms with E-state index in [1.807, 2.05) is 20.6 Å². The van der Waals surface area contributed by atoms with Crippen LogP contribution in [0.25, 0.3) is 22.0 Å². The summed E-state index contributed by atoms with van der Waals surface area (Å²) in [4.78, 5) is 51.2. The van der Waals surface area contributed by atoms with Crippen molar-refractivity contribution in [1.29, 1.82) is 0 Å². The number of amides is 3. The average molecular weight is 1150 g/mol. The Morgan fingerprint density at radius 1 is 0.947 bits per heavy atom. The highest BCUT2D eigenvalue weighted by Crippen LogP contribution is 2.47. The molecule has 76 heavy (non-hydrogen) atoms. The molecule has 0 aliphatic heterocycles. The van der Waals surface area contributed by atoms with Gasteiger partial charge in [0, 0.05) is 72.6 Å². The number of carboxylic acids is 1. The van der Waals surface area contributed by atoms with Gasteiger partial charge >= 0.3 is 24.4 Å². The van der Waals surface area contributed by atoms with Gasteiger partial charge in [0.25, 0.3) is 5.92 Å². The van der Waals surface area contributed by atoms with Crippen molar-refractivity contribution in [3.8, 4) is 23.0 Å². The SMILES string of the molecule is C=O.CC.CO.CS(=O)N(C(=O)NCCCC(=O)O)c1nn(CC(F)(F)F)c2c(-c3ccc(C#CC(C)(C)S(C)=O)nc3C(Cc3cc(F)cc(F)c3)NC(=O)Cn3nc(C(F)(F)F)c4c3C(F)(F)CC4)ccc(Cl)c12. The lowest BCUT2D eigenvalue weighted by molar-refractivity contribution is -0.143. The predicted molar refractivity (Wildman–Crippen MR) is 263 cm³/mol. The number of carbonyl (C=O) groups excluding carboxylic acids is 3. The van der Waals surface area contributed by atoms with Crippen molar-refractivity contribution < 1.29 is 81.7 Å². The summed E-state index contributed by atoms with van der Waals surface area (Å²) >= 11 is 6.66. The molecule has 0 bridgehead atoms. The van der Waals surface area contributed by atoms with Crippen molar-refractivity contribution in [2.24, 2.45) is 0 Å². The fourth-order valence-electron chi connectivity index (χ4n) is 7.52. The maximum Gasteiger partial charge on any atom is 0.435 e. The molecule has 1 aliphatic carbocycles. The van der Waals surface area contributed by atoms with Crippen LogP contribution in [0.4, 0.5) is 54.5 Å². The molecular formula is C47H51ClF10N8O8S2. The van der Waals surface area contributed by atoms with Crippen molar-refractivity contribution in [3.05, 3.63) is 93.0 Å². The largest absolute Gasteiger partial charge is 0.481 e. The first-order valence-corrected chi connectivity index (χ1v) is 25.7. The van der Waals surface area contributed by atoms with Gasteiger partial charge in [-0.1, -0.05) is 37.4 Å². The molecule has 0 saturated heterocycles. The lowest BCUT2D eigenvalue weighted by Gasteiger charge is -2.23. The highest BCUT2D eigenvalue weighted by Gasteiger charge is 2.50. The molecule has 6 rings (SSSR count). The Kier molecular flexibility index (Phi) is 22.3. The van der Waals surface area contributed by atoms with E-state index in [1.165, 1.54) is 38.3 Å². The van der Waals surface area contributed by atoms with Gasteiger partial charge in [-0.25, -0.2) is 22.8 Å². The normalized spacial score (nSPS) is 13.9. The van der Waals surface area contributed by atoms with E-state index in [0.29, 0.717) is 15.1 Å². The van der Waals surface area contributed by atoms with Gasteiger partial charge in [0.1, 0.15) is 58.6 Å². The molecule has 0 spiro atoms. The Morgan fingerprint density at radius 2 is 1.55 bits per heavy atom. The quantitative estimate of drug-likeness (QED) is 0.0442. The van der Waals surface area contributed by atoms with Crippen LogP contribution in [0.3, 0.4) is 0 Å². The van der Waals surface area contributed by atoms with E-state index < -0.39 is 146 Å². The monoisotopic (exact) mass is 1140 g/mol. The average Bonchev–Trinajstić information content (AvgIpc) is 3.99. The first kappa shape index (κ1) is 63.8. The number of nitrogens with one attached hydrogen (secondary N) is 2. The second kappa shape index (κ2) is 26.6. The summed E-state index contributed by atoms with van der Waals surface area (Å²) in [7, 11) is -2.96. The number of aliphatic carboxylic acids is 1. The number of fused-ring (bicyclic) bond motifs is 2. The fraction of sp³-hybridized carbons (Fsp3) is 0.426. The van der Waals surface area contributed by atoms with Crippen LogP contribution in [0.2, 0.25) is 5.02 Å². The Bertz CT molecular complexity index is 3010. The second-order valence-electron chi connectivity index (χ2n) is 16.3. The van der Waals surface area contributed by atoms with Gasteiger partial charge in [0.2, 0.25) is 5.91 Å². The van der Waals surface area contributed by atoms with Gasteiger partial charge in [-0.15, -0.1) is 0 Å². The number of rotatable bonds is 15. The molecule has 3 atom stereocenters. The molecule has 0 saturated carbocycles. The van der Waals surface area contributed by atoms with E-state index in [4.69, 9.17) is 26.6 Å². The van der Waals surface area contributed by atoms with E-state index in [9.17, 15) is 57.9 Å². The van der Waals surface area contributed by atoms with Crippen LogP contribution in [0, 0.1) is 23.5 Å². The van der Waals surface area contributed by atoms with Gasteiger partial charge in [-0.05, 0) is 74.9 Å². The minimum atomic E-state index is -5.20. The van der Waals surface area contributed by atoms with Crippen LogP contribution in [0.15, 0.2) is 42.5 Å². The molecule has 1 aliphatic rings. The van der Waals surface area contributed by atoms with E-state index in [0.717, 1.165) is 31.6 Å². The van der Waals surface area contributed by atoms with E-state index in [2.05, 4.69) is 37.7 Å². The molecule has 0 radical (unpaired) electrons. The number of anilines is 1. The number of benzene rings is 2. The topological polar surface area (TPSA) is 219 Å². The number of pyridine rings is 1. The van der Waals surface area contributed by atoms with Crippen molar-refractivity contribution in [3.63, 3.8) is 0 Å². The van der Waals surface area contributed by atoms with Gasteiger partial charge in [0.05, 0.1) is 27.7 Å². The molecule has 4 N–H and O–H groups in total. The molecule has 3 amide bonds. The summed E-state index contributed by atoms with van der Waals surface area (Å²) in [5.41, 5.74) is -5.27. The zero-order valence-corrected chi connectivity index (χ0v) is 43.9. The summed E-state index contributed by atoms with van der Waals surface area (Å²) in [5, 5.41) is 27.4. The Labute approximate surface area is 438 Å². The zero-order valence-electron chi connectivity index (χ0n) is 41.5. The first-order valence-electron chi connectivity index (χ1n) is 22.3. The summed E-state index contributed by atoms with van der Waals surface area (Å²) in [6.45, 7) is 5.62. The van der Waals surface area contributed by atoms with Crippen molar-refractivity contribution in [2.75, 3.05) is 30.5 Å². The minimum absolute atomic E-state index is 0.103. The lowest BCUT2D eigenvalue weighted by atomic mass is 9.93. The Balaban J connectivity index is 0.00000245. The smallest absolute Gasteiger partial charge is 0.435 e. The third-order valence-electron chi connectivity index (χ3n) is 10.7. The lowest BCUT2D eigenvalue weighted by Crippen LogP contribution is -2.41. The number of alkyl halides is 8. The number of hydrogen-bond donors (Lipinski definition) is 4. The number of aliphatic hydroxyl groups excluding tert-OH is 1. The molecule has 3 unspecified atom stereocenters. The molecule has 16 nitrogen and oxygen atoms in total. The number of nitrogens with zero attached hydrogens (tertiary/aromatic N) is 6. The van der Waals surface area contributed by atoms with E-state index >= 15 is 8.78 Å². The summed E-state index contributed by atoms with van der Waals surface area (Å²) < 4.78 is 171.